The van der Waals surface area contributed by atoms with Gasteiger partial charge in [0.15, 0.2) is 0 Å². The highest BCUT2D eigenvalue weighted by Crippen LogP contribution is 2.36. The summed E-state index contributed by atoms with van der Waals surface area (Å²) in [6, 6.07) is 2.51. The van der Waals surface area contributed by atoms with E-state index in [1.807, 2.05) is 0 Å². The molecule has 0 aromatic heterocycles. The molecule has 3 aliphatic rings. The van der Waals surface area contributed by atoms with Gasteiger partial charge in [0.25, 0.3) is 0 Å². The Hall–Kier alpha value is -0.160. The van der Waals surface area contributed by atoms with Crippen molar-refractivity contribution in [2.24, 2.45) is 0 Å². The predicted molar refractivity (Wildman–Crippen MR) is 81.9 cm³/mol. The van der Waals surface area contributed by atoms with Crippen molar-refractivity contribution in [2.75, 3.05) is 39.8 Å². The van der Waals surface area contributed by atoms with Gasteiger partial charge in [-0.05, 0) is 39.2 Å². The van der Waals surface area contributed by atoms with Gasteiger partial charge in [-0.3, -0.25) is 9.80 Å². The lowest BCUT2D eigenvalue weighted by atomic mass is 9.96. The molecule has 3 aliphatic heterocycles. The van der Waals surface area contributed by atoms with Crippen molar-refractivity contribution < 1.29 is 5.11 Å². The number of piperidine rings is 1. The van der Waals surface area contributed by atoms with Crippen molar-refractivity contribution in [3.63, 3.8) is 0 Å². The molecule has 4 heteroatoms. The summed E-state index contributed by atoms with van der Waals surface area (Å²) in [5.41, 5.74) is 0. The Kier molecular flexibility index (Phi) is 4.65. The Bertz CT molecular complexity index is 303. The first-order chi connectivity index (χ1) is 9.67. The zero-order chi connectivity index (χ0) is 14.1. The van der Waals surface area contributed by atoms with E-state index in [1.54, 1.807) is 0 Å². The van der Waals surface area contributed by atoms with E-state index < -0.39 is 0 Å². The second-order valence-corrected chi connectivity index (χ2v) is 7.07. The highest BCUT2D eigenvalue weighted by molar-refractivity contribution is 4.97. The van der Waals surface area contributed by atoms with Gasteiger partial charge in [-0.15, -0.1) is 0 Å². The zero-order valence-electron chi connectivity index (χ0n) is 13.2. The molecule has 0 saturated carbocycles. The number of rotatable bonds is 4. The van der Waals surface area contributed by atoms with E-state index in [0.29, 0.717) is 0 Å². The first-order valence-electron chi connectivity index (χ1n) is 8.53. The molecule has 1 N–H and O–H groups in total. The standard InChI is InChI=1S/C16H31N3O/c1-3-16(20)12-18-6-8-19(9-7-18)15-10-13-4-5-14(11-15)17(13)2/h13-16,20H,3-12H2,1-2H3/t13?,14?,15?,16-/m1/s1. The number of hydrogen-bond donors (Lipinski definition) is 1. The maximum Gasteiger partial charge on any atom is 0.0664 e. The molecule has 0 amide bonds. The minimum absolute atomic E-state index is 0.138. The van der Waals surface area contributed by atoms with Gasteiger partial charge in [-0.2, -0.15) is 0 Å². The van der Waals surface area contributed by atoms with Gasteiger partial charge in [-0.25, -0.2) is 0 Å². The summed E-state index contributed by atoms with van der Waals surface area (Å²) < 4.78 is 0. The minimum Gasteiger partial charge on any atom is -0.392 e. The number of β-amino-alcohol motifs (C(OH)–C–C–N with tert-alkyl or cyclic N) is 1. The third-order valence-corrected chi connectivity index (χ3v) is 5.94. The number of aliphatic hydroxyl groups excluding tert-OH is 1. The average Bonchev–Trinajstić information content (AvgIpc) is 2.68. The average molecular weight is 281 g/mol. The molecular weight excluding hydrogens is 250 g/mol. The molecule has 2 unspecified atom stereocenters. The fourth-order valence-electron chi connectivity index (χ4n) is 4.42. The summed E-state index contributed by atoms with van der Waals surface area (Å²) in [7, 11) is 2.32. The van der Waals surface area contributed by atoms with Gasteiger partial charge < -0.3 is 10.0 Å². The van der Waals surface area contributed by atoms with Crippen LogP contribution in [0.5, 0.6) is 0 Å². The van der Waals surface area contributed by atoms with Crippen LogP contribution in [0.4, 0.5) is 0 Å². The molecule has 0 aromatic carbocycles. The largest absolute Gasteiger partial charge is 0.392 e. The maximum absolute atomic E-state index is 9.77. The van der Waals surface area contributed by atoms with Gasteiger partial charge in [0.2, 0.25) is 0 Å². The topological polar surface area (TPSA) is 30.0 Å². The highest BCUT2D eigenvalue weighted by atomic mass is 16.3. The molecule has 3 heterocycles. The van der Waals surface area contributed by atoms with Crippen molar-refractivity contribution in [3.05, 3.63) is 0 Å². The third kappa shape index (κ3) is 3.03. The first kappa shape index (κ1) is 14.8. The van der Waals surface area contributed by atoms with E-state index in [4.69, 9.17) is 0 Å². The molecule has 3 fully saturated rings. The van der Waals surface area contributed by atoms with Crippen molar-refractivity contribution in [3.8, 4) is 0 Å². The van der Waals surface area contributed by atoms with E-state index in [0.717, 1.165) is 44.2 Å². The molecule has 3 rings (SSSR count). The van der Waals surface area contributed by atoms with Crippen LogP contribution in [-0.4, -0.2) is 83.8 Å². The molecule has 116 valence electrons. The van der Waals surface area contributed by atoms with Crippen LogP contribution < -0.4 is 0 Å². The summed E-state index contributed by atoms with van der Waals surface area (Å²) in [5, 5.41) is 9.77. The second kappa shape index (κ2) is 6.30. The second-order valence-electron chi connectivity index (χ2n) is 7.07. The molecule has 0 radical (unpaired) electrons. The van der Waals surface area contributed by atoms with Crippen LogP contribution in [-0.2, 0) is 0 Å². The van der Waals surface area contributed by atoms with E-state index in [9.17, 15) is 5.11 Å². The van der Waals surface area contributed by atoms with Gasteiger partial charge >= 0.3 is 0 Å². The van der Waals surface area contributed by atoms with Crippen LogP contribution >= 0.6 is 0 Å². The quantitative estimate of drug-likeness (QED) is 0.833. The zero-order valence-corrected chi connectivity index (χ0v) is 13.2. The van der Waals surface area contributed by atoms with E-state index in [2.05, 4.69) is 28.7 Å². The molecule has 0 spiro atoms. The number of nitrogens with zero attached hydrogens (tertiary/aromatic N) is 3. The lowest BCUT2D eigenvalue weighted by molar-refractivity contribution is 0.0246. The van der Waals surface area contributed by atoms with Gasteiger partial charge in [0, 0.05) is 50.8 Å². The van der Waals surface area contributed by atoms with Crippen LogP contribution in [0.3, 0.4) is 0 Å². The van der Waals surface area contributed by atoms with Crippen LogP contribution in [0.25, 0.3) is 0 Å². The highest BCUT2D eigenvalue weighted by Gasteiger charge is 2.40. The van der Waals surface area contributed by atoms with Gasteiger partial charge in [-0.1, -0.05) is 6.92 Å². The monoisotopic (exact) mass is 281 g/mol. The van der Waals surface area contributed by atoms with Gasteiger partial charge in [0.05, 0.1) is 6.10 Å². The summed E-state index contributed by atoms with van der Waals surface area (Å²) in [4.78, 5) is 7.80. The maximum atomic E-state index is 9.77. The van der Waals surface area contributed by atoms with Crippen LogP contribution in [0, 0.1) is 0 Å². The third-order valence-electron chi connectivity index (χ3n) is 5.94. The number of aliphatic hydroxyl groups is 1. The van der Waals surface area contributed by atoms with E-state index in [1.165, 1.54) is 38.8 Å². The van der Waals surface area contributed by atoms with E-state index >= 15 is 0 Å². The number of fused-ring (bicyclic) bond motifs is 2. The Balaban J connectivity index is 1.47. The molecule has 0 aromatic rings. The Morgan fingerprint density at radius 2 is 1.60 bits per heavy atom. The normalized spacial score (nSPS) is 38.2. The predicted octanol–water partition coefficient (Wildman–Crippen LogP) is 1.00. The molecule has 3 atom stereocenters. The van der Waals surface area contributed by atoms with Crippen LogP contribution in [0.15, 0.2) is 0 Å². The molecule has 20 heavy (non-hydrogen) atoms. The van der Waals surface area contributed by atoms with Crippen LogP contribution in [0.1, 0.15) is 39.0 Å². The van der Waals surface area contributed by atoms with Crippen LogP contribution in [0.2, 0.25) is 0 Å². The Morgan fingerprint density at radius 1 is 1.00 bits per heavy atom. The van der Waals surface area contributed by atoms with Crippen molar-refractivity contribution in [1.82, 2.24) is 14.7 Å². The summed E-state index contributed by atoms with van der Waals surface area (Å²) in [6.45, 7) is 7.60. The first-order valence-corrected chi connectivity index (χ1v) is 8.53. The van der Waals surface area contributed by atoms with Crippen molar-refractivity contribution in [1.29, 1.82) is 0 Å². The summed E-state index contributed by atoms with van der Waals surface area (Å²) in [6.07, 6.45) is 6.33. The number of piperazine rings is 1. The van der Waals surface area contributed by atoms with Crippen molar-refractivity contribution >= 4 is 0 Å². The Labute approximate surface area is 123 Å². The minimum atomic E-state index is -0.138. The van der Waals surface area contributed by atoms with E-state index in [-0.39, 0.29) is 6.10 Å². The number of hydrogen-bond acceptors (Lipinski definition) is 4. The molecular formula is C16H31N3O. The van der Waals surface area contributed by atoms with Gasteiger partial charge in [0.1, 0.15) is 0 Å². The van der Waals surface area contributed by atoms with Crippen molar-refractivity contribution in [2.45, 2.75) is 63.3 Å². The fraction of sp³-hybridized carbons (Fsp3) is 1.00. The smallest absolute Gasteiger partial charge is 0.0664 e. The Morgan fingerprint density at radius 3 is 2.15 bits per heavy atom. The lowest BCUT2D eigenvalue weighted by Crippen LogP contribution is -2.55. The molecule has 4 nitrogen and oxygen atoms in total. The SMILES string of the molecule is CC[C@@H](O)CN1CCN(C2CC3CCC(C2)N3C)CC1. The molecule has 0 aliphatic carbocycles. The molecule has 3 saturated heterocycles. The fourth-order valence-corrected chi connectivity index (χ4v) is 4.42. The summed E-state index contributed by atoms with van der Waals surface area (Å²) >= 11 is 0. The molecule has 2 bridgehead atoms. The lowest BCUT2D eigenvalue weighted by Gasteiger charge is -2.45. The summed E-state index contributed by atoms with van der Waals surface area (Å²) in [5.74, 6) is 0.